The maximum absolute atomic E-state index is 11.8. The van der Waals surface area contributed by atoms with E-state index in [1.807, 2.05) is 26.0 Å². The van der Waals surface area contributed by atoms with Crippen LogP contribution in [0.2, 0.25) is 0 Å². The fourth-order valence-electron chi connectivity index (χ4n) is 2.16. The second kappa shape index (κ2) is 9.12. The fourth-order valence-corrected chi connectivity index (χ4v) is 2.83. The Morgan fingerprint density at radius 1 is 1.24 bits per heavy atom. The van der Waals surface area contributed by atoms with Crippen LogP contribution in [0.15, 0.2) is 18.2 Å². The Labute approximate surface area is 150 Å². The van der Waals surface area contributed by atoms with Gasteiger partial charge in [-0.15, -0.1) is 10.2 Å². The summed E-state index contributed by atoms with van der Waals surface area (Å²) in [4.78, 5) is 22.5. The summed E-state index contributed by atoms with van der Waals surface area (Å²) in [5.41, 5.74) is 2.25. The number of rotatable bonds is 8. The lowest BCUT2D eigenvalue weighted by atomic mass is 10.1. The molecule has 134 valence electrons. The molecule has 2 amide bonds. The first-order valence-electron chi connectivity index (χ1n) is 8.01. The Hall–Kier alpha value is -2.48. The van der Waals surface area contributed by atoms with Gasteiger partial charge in [0.1, 0.15) is 12.4 Å². The number of amides is 2. The van der Waals surface area contributed by atoms with E-state index in [-0.39, 0.29) is 11.8 Å². The molecule has 0 saturated carbocycles. The summed E-state index contributed by atoms with van der Waals surface area (Å²) < 4.78 is 5.75. The van der Waals surface area contributed by atoms with Crippen molar-refractivity contribution in [3.63, 3.8) is 0 Å². The van der Waals surface area contributed by atoms with Crippen LogP contribution >= 0.6 is 11.3 Å². The molecule has 2 aromatic rings. The molecule has 7 nitrogen and oxygen atoms in total. The Balaban J connectivity index is 1.77. The molecule has 0 bridgehead atoms. The molecular weight excluding hydrogens is 340 g/mol. The van der Waals surface area contributed by atoms with E-state index in [1.165, 1.54) is 23.8 Å². The smallest absolute Gasteiger partial charge is 0.226 e. The molecule has 0 atom stereocenters. The molecule has 1 aromatic heterocycles. The van der Waals surface area contributed by atoms with E-state index < -0.39 is 0 Å². The SMILES string of the molecule is CC(=O)NCCCC(=O)Nc1nnc(COc2ccc(C)cc2C)s1. The van der Waals surface area contributed by atoms with Crippen molar-refractivity contribution in [1.82, 2.24) is 15.5 Å². The molecule has 25 heavy (non-hydrogen) atoms. The van der Waals surface area contributed by atoms with Crippen molar-refractivity contribution >= 4 is 28.3 Å². The van der Waals surface area contributed by atoms with Gasteiger partial charge in [0.05, 0.1) is 0 Å². The second-order valence-electron chi connectivity index (χ2n) is 5.69. The third-order valence-electron chi connectivity index (χ3n) is 3.35. The van der Waals surface area contributed by atoms with Gasteiger partial charge in [-0.3, -0.25) is 9.59 Å². The van der Waals surface area contributed by atoms with Crippen LogP contribution in [-0.4, -0.2) is 28.6 Å². The normalized spacial score (nSPS) is 10.4. The summed E-state index contributed by atoms with van der Waals surface area (Å²) in [6.07, 6.45) is 0.890. The molecule has 2 N–H and O–H groups in total. The van der Waals surface area contributed by atoms with Crippen molar-refractivity contribution in [2.45, 2.75) is 40.2 Å². The monoisotopic (exact) mass is 362 g/mol. The molecule has 0 aliphatic heterocycles. The summed E-state index contributed by atoms with van der Waals surface area (Å²) in [5, 5.41) is 14.5. The van der Waals surface area contributed by atoms with Gasteiger partial charge in [0.25, 0.3) is 0 Å². The number of aromatic nitrogens is 2. The minimum atomic E-state index is -0.150. The Morgan fingerprint density at radius 3 is 2.76 bits per heavy atom. The Morgan fingerprint density at radius 2 is 2.04 bits per heavy atom. The van der Waals surface area contributed by atoms with Crippen molar-refractivity contribution < 1.29 is 14.3 Å². The number of carbonyl (C=O) groups is 2. The van der Waals surface area contributed by atoms with Crippen molar-refractivity contribution in [2.75, 3.05) is 11.9 Å². The van der Waals surface area contributed by atoms with E-state index in [9.17, 15) is 9.59 Å². The highest BCUT2D eigenvalue weighted by Crippen LogP contribution is 2.22. The molecule has 0 fully saturated rings. The number of nitrogens with zero attached hydrogens (tertiary/aromatic N) is 2. The van der Waals surface area contributed by atoms with Gasteiger partial charge in [-0.05, 0) is 31.9 Å². The largest absolute Gasteiger partial charge is 0.486 e. The third-order valence-corrected chi connectivity index (χ3v) is 4.16. The molecular formula is C17H22N4O3S. The molecule has 0 radical (unpaired) electrons. The van der Waals surface area contributed by atoms with Gasteiger partial charge in [0.2, 0.25) is 16.9 Å². The Kier molecular flexibility index (Phi) is 6.88. The van der Waals surface area contributed by atoms with Crippen molar-refractivity contribution in [2.24, 2.45) is 0 Å². The van der Waals surface area contributed by atoms with E-state index in [0.29, 0.717) is 36.1 Å². The zero-order valence-electron chi connectivity index (χ0n) is 14.6. The highest BCUT2D eigenvalue weighted by molar-refractivity contribution is 7.15. The quantitative estimate of drug-likeness (QED) is 0.704. The molecule has 0 saturated heterocycles. The number of nitrogens with one attached hydrogen (secondary N) is 2. The van der Waals surface area contributed by atoms with E-state index in [4.69, 9.17) is 4.74 Å². The second-order valence-corrected chi connectivity index (χ2v) is 6.76. The predicted octanol–water partition coefficient (Wildman–Crippen LogP) is 2.59. The highest BCUT2D eigenvalue weighted by Gasteiger charge is 2.09. The zero-order valence-corrected chi connectivity index (χ0v) is 15.4. The predicted molar refractivity (Wildman–Crippen MR) is 96.7 cm³/mol. The molecule has 0 spiro atoms. The van der Waals surface area contributed by atoms with Crippen molar-refractivity contribution in [3.05, 3.63) is 34.3 Å². The van der Waals surface area contributed by atoms with Crippen LogP contribution in [0.4, 0.5) is 5.13 Å². The van der Waals surface area contributed by atoms with Gasteiger partial charge in [-0.25, -0.2) is 0 Å². The first-order valence-corrected chi connectivity index (χ1v) is 8.82. The first-order chi connectivity index (χ1) is 11.9. The topological polar surface area (TPSA) is 93.2 Å². The van der Waals surface area contributed by atoms with Gasteiger partial charge in [-0.2, -0.15) is 0 Å². The molecule has 8 heteroatoms. The number of benzene rings is 1. The van der Waals surface area contributed by atoms with Gasteiger partial charge in [0.15, 0.2) is 5.01 Å². The average molecular weight is 362 g/mol. The lowest BCUT2D eigenvalue weighted by molar-refractivity contribution is -0.119. The maximum atomic E-state index is 11.8. The van der Waals surface area contributed by atoms with Crippen LogP contribution in [0, 0.1) is 13.8 Å². The minimum Gasteiger partial charge on any atom is -0.486 e. The van der Waals surface area contributed by atoms with Crippen LogP contribution < -0.4 is 15.4 Å². The van der Waals surface area contributed by atoms with Crippen molar-refractivity contribution in [1.29, 1.82) is 0 Å². The average Bonchev–Trinajstić information content (AvgIpc) is 2.98. The molecule has 1 heterocycles. The molecule has 1 aromatic carbocycles. The number of carbonyl (C=O) groups excluding carboxylic acids is 2. The highest BCUT2D eigenvalue weighted by atomic mass is 32.1. The number of aryl methyl sites for hydroxylation is 2. The zero-order chi connectivity index (χ0) is 18.2. The van der Waals surface area contributed by atoms with Crippen LogP contribution in [0.25, 0.3) is 0 Å². The lowest BCUT2D eigenvalue weighted by Crippen LogP contribution is -2.22. The van der Waals surface area contributed by atoms with Crippen molar-refractivity contribution in [3.8, 4) is 5.75 Å². The number of hydrogen-bond acceptors (Lipinski definition) is 6. The molecule has 0 unspecified atom stereocenters. The van der Waals surface area contributed by atoms with E-state index in [2.05, 4.69) is 26.9 Å². The Bertz CT molecular complexity index is 745. The summed E-state index contributed by atoms with van der Waals surface area (Å²) >= 11 is 1.28. The first kappa shape index (κ1) is 18.9. The van der Waals surface area contributed by atoms with Gasteiger partial charge < -0.3 is 15.4 Å². The minimum absolute atomic E-state index is 0.0991. The third kappa shape index (κ3) is 6.50. The van der Waals surface area contributed by atoms with Gasteiger partial charge in [0, 0.05) is 19.9 Å². The van der Waals surface area contributed by atoms with Crippen LogP contribution in [0.1, 0.15) is 35.9 Å². The number of ether oxygens (including phenoxy) is 1. The fraction of sp³-hybridized carbons (Fsp3) is 0.412. The molecule has 0 aliphatic carbocycles. The van der Waals surface area contributed by atoms with E-state index >= 15 is 0 Å². The van der Waals surface area contributed by atoms with E-state index in [1.54, 1.807) is 0 Å². The van der Waals surface area contributed by atoms with Gasteiger partial charge in [-0.1, -0.05) is 29.0 Å². The summed E-state index contributed by atoms with van der Waals surface area (Å²) in [7, 11) is 0. The van der Waals surface area contributed by atoms with Gasteiger partial charge >= 0.3 is 0 Å². The summed E-state index contributed by atoms with van der Waals surface area (Å²) in [5.74, 6) is 0.561. The molecule has 0 aliphatic rings. The number of anilines is 1. The van der Waals surface area contributed by atoms with E-state index in [0.717, 1.165) is 11.3 Å². The van der Waals surface area contributed by atoms with Crippen LogP contribution in [0.3, 0.4) is 0 Å². The van der Waals surface area contributed by atoms with Crippen LogP contribution in [-0.2, 0) is 16.2 Å². The maximum Gasteiger partial charge on any atom is 0.226 e. The summed E-state index contributed by atoms with van der Waals surface area (Å²) in [6.45, 7) is 6.26. The molecule has 2 rings (SSSR count). The van der Waals surface area contributed by atoms with Crippen LogP contribution in [0.5, 0.6) is 5.75 Å². The number of hydrogen-bond donors (Lipinski definition) is 2. The summed E-state index contributed by atoms with van der Waals surface area (Å²) in [6, 6.07) is 5.99. The standard InChI is InChI=1S/C17H22N4O3S/c1-11-6-7-14(12(2)9-11)24-10-16-20-21-17(25-16)19-15(23)5-4-8-18-13(3)22/h6-7,9H,4-5,8,10H2,1-3H3,(H,18,22)(H,19,21,23). The lowest BCUT2D eigenvalue weighted by Gasteiger charge is -2.07.